The van der Waals surface area contributed by atoms with E-state index in [4.69, 9.17) is 0 Å². The topological polar surface area (TPSA) is 57.8 Å². The van der Waals surface area contributed by atoms with Crippen molar-refractivity contribution in [1.29, 1.82) is 0 Å². The predicted octanol–water partition coefficient (Wildman–Crippen LogP) is 3.47. The fraction of sp³-hybridized carbons (Fsp3) is 0.467. The largest absolute Gasteiger partial charge is 0.308 e. The summed E-state index contributed by atoms with van der Waals surface area (Å²) >= 11 is 0. The summed E-state index contributed by atoms with van der Waals surface area (Å²) in [4.78, 5) is 12.3. The highest BCUT2D eigenvalue weighted by molar-refractivity contribution is 6.00. The van der Waals surface area contributed by atoms with E-state index in [0.29, 0.717) is 5.82 Å². The van der Waals surface area contributed by atoms with E-state index >= 15 is 0 Å². The van der Waals surface area contributed by atoms with Gasteiger partial charge in [0.2, 0.25) is 5.91 Å². The molecule has 1 heterocycles. The Hall–Kier alpha value is -1.84. The summed E-state index contributed by atoms with van der Waals surface area (Å²) in [7, 11) is 0. The number of para-hydroxylation sites is 1. The van der Waals surface area contributed by atoms with Gasteiger partial charge in [0, 0.05) is 11.3 Å². The van der Waals surface area contributed by atoms with E-state index in [9.17, 15) is 4.79 Å². The number of hydrogen-bond acceptors (Lipinski definition) is 2. The van der Waals surface area contributed by atoms with Gasteiger partial charge >= 0.3 is 0 Å². The van der Waals surface area contributed by atoms with E-state index < -0.39 is 0 Å². The number of rotatable bonds is 2. The molecule has 0 spiro atoms. The Labute approximate surface area is 112 Å². The quantitative estimate of drug-likeness (QED) is 0.809. The Balaban J connectivity index is 1.75. The molecule has 4 nitrogen and oxygen atoms in total. The van der Waals surface area contributed by atoms with E-state index in [2.05, 4.69) is 15.5 Å². The number of amides is 1. The molecule has 2 aromatic rings. The number of aromatic nitrogens is 2. The molecule has 0 radical (unpaired) electrons. The van der Waals surface area contributed by atoms with Gasteiger partial charge in [0.15, 0.2) is 5.82 Å². The molecule has 0 bridgehead atoms. The summed E-state index contributed by atoms with van der Waals surface area (Å²) in [5, 5.41) is 11.1. The summed E-state index contributed by atoms with van der Waals surface area (Å²) in [6.45, 7) is 0. The maximum atomic E-state index is 12.3. The molecule has 100 valence electrons. The summed E-state index contributed by atoms with van der Waals surface area (Å²) in [6.07, 6.45) is 6.87. The molecule has 0 saturated heterocycles. The van der Waals surface area contributed by atoms with Gasteiger partial charge in [0.1, 0.15) is 0 Å². The SMILES string of the molecule is O=C(Nc1n[nH]c2ccccc12)C1CCCCCC1. The van der Waals surface area contributed by atoms with Gasteiger partial charge in [-0.15, -0.1) is 0 Å². The van der Waals surface area contributed by atoms with Gasteiger partial charge in [-0.25, -0.2) is 0 Å². The van der Waals surface area contributed by atoms with Gasteiger partial charge in [0.05, 0.1) is 5.52 Å². The first-order chi connectivity index (χ1) is 9.34. The Morgan fingerprint density at radius 1 is 1.16 bits per heavy atom. The van der Waals surface area contributed by atoms with Crippen molar-refractivity contribution in [3.63, 3.8) is 0 Å². The molecule has 1 aliphatic rings. The lowest BCUT2D eigenvalue weighted by Crippen LogP contribution is -2.22. The molecule has 2 N–H and O–H groups in total. The smallest absolute Gasteiger partial charge is 0.228 e. The Morgan fingerprint density at radius 2 is 1.89 bits per heavy atom. The fourth-order valence-corrected chi connectivity index (χ4v) is 2.82. The molecular formula is C15H19N3O. The number of benzene rings is 1. The third-order valence-corrected chi connectivity index (χ3v) is 3.94. The Kier molecular flexibility index (Phi) is 3.49. The summed E-state index contributed by atoms with van der Waals surface area (Å²) < 4.78 is 0. The number of nitrogens with one attached hydrogen (secondary N) is 2. The van der Waals surface area contributed by atoms with Crippen LogP contribution >= 0.6 is 0 Å². The monoisotopic (exact) mass is 257 g/mol. The predicted molar refractivity (Wildman–Crippen MR) is 75.9 cm³/mol. The second-order valence-electron chi connectivity index (χ2n) is 5.30. The maximum Gasteiger partial charge on any atom is 0.228 e. The highest BCUT2D eigenvalue weighted by Crippen LogP contribution is 2.25. The number of carbonyl (C=O) groups is 1. The van der Waals surface area contributed by atoms with Crippen molar-refractivity contribution in [1.82, 2.24) is 10.2 Å². The van der Waals surface area contributed by atoms with Gasteiger partial charge in [-0.05, 0) is 25.0 Å². The molecule has 1 aromatic carbocycles. The number of fused-ring (bicyclic) bond motifs is 1. The number of nitrogens with zero attached hydrogens (tertiary/aromatic N) is 1. The number of anilines is 1. The van der Waals surface area contributed by atoms with Crippen LogP contribution in [0.2, 0.25) is 0 Å². The van der Waals surface area contributed by atoms with Crippen LogP contribution in [-0.2, 0) is 4.79 Å². The van der Waals surface area contributed by atoms with Crippen molar-refractivity contribution < 1.29 is 4.79 Å². The molecule has 1 fully saturated rings. The van der Waals surface area contributed by atoms with Gasteiger partial charge in [0.25, 0.3) is 0 Å². The highest BCUT2D eigenvalue weighted by atomic mass is 16.1. The number of carbonyl (C=O) groups excluding carboxylic acids is 1. The van der Waals surface area contributed by atoms with Gasteiger partial charge < -0.3 is 5.32 Å². The van der Waals surface area contributed by atoms with Crippen LogP contribution in [0, 0.1) is 5.92 Å². The number of H-pyrrole nitrogens is 1. The van der Waals surface area contributed by atoms with E-state index in [0.717, 1.165) is 23.7 Å². The first kappa shape index (κ1) is 12.2. The molecule has 1 saturated carbocycles. The van der Waals surface area contributed by atoms with Crippen LogP contribution in [0.3, 0.4) is 0 Å². The van der Waals surface area contributed by atoms with Crippen LogP contribution < -0.4 is 5.32 Å². The van der Waals surface area contributed by atoms with Crippen molar-refractivity contribution in [3.8, 4) is 0 Å². The third kappa shape index (κ3) is 2.62. The molecule has 0 atom stereocenters. The van der Waals surface area contributed by atoms with Crippen LogP contribution in [0.4, 0.5) is 5.82 Å². The van der Waals surface area contributed by atoms with Crippen LogP contribution in [0.5, 0.6) is 0 Å². The fourth-order valence-electron chi connectivity index (χ4n) is 2.82. The molecular weight excluding hydrogens is 238 g/mol. The third-order valence-electron chi connectivity index (χ3n) is 3.94. The zero-order chi connectivity index (χ0) is 13.1. The minimum Gasteiger partial charge on any atom is -0.308 e. The molecule has 1 aromatic heterocycles. The van der Waals surface area contributed by atoms with E-state index in [1.165, 1.54) is 25.7 Å². The van der Waals surface area contributed by atoms with Crippen LogP contribution in [-0.4, -0.2) is 16.1 Å². The van der Waals surface area contributed by atoms with Crippen molar-refractivity contribution in [3.05, 3.63) is 24.3 Å². The lowest BCUT2D eigenvalue weighted by Gasteiger charge is -2.12. The zero-order valence-electron chi connectivity index (χ0n) is 11.0. The van der Waals surface area contributed by atoms with Crippen LogP contribution in [0.25, 0.3) is 10.9 Å². The summed E-state index contributed by atoms with van der Waals surface area (Å²) in [5.41, 5.74) is 0.957. The first-order valence-electron chi connectivity index (χ1n) is 7.08. The Morgan fingerprint density at radius 3 is 2.68 bits per heavy atom. The van der Waals surface area contributed by atoms with Gasteiger partial charge in [-0.3, -0.25) is 9.89 Å². The molecule has 0 aliphatic heterocycles. The molecule has 19 heavy (non-hydrogen) atoms. The second-order valence-corrected chi connectivity index (χ2v) is 5.30. The standard InChI is InChI=1S/C15H19N3O/c19-15(11-7-3-1-2-4-8-11)16-14-12-9-5-6-10-13(12)17-18-14/h5-6,9-11H,1-4,7-8H2,(H2,16,17,18,19). The minimum atomic E-state index is 0.124. The molecule has 3 rings (SSSR count). The van der Waals surface area contributed by atoms with Crippen molar-refractivity contribution in [2.45, 2.75) is 38.5 Å². The number of aromatic amines is 1. The van der Waals surface area contributed by atoms with Gasteiger partial charge in [-0.1, -0.05) is 37.8 Å². The lowest BCUT2D eigenvalue weighted by atomic mass is 9.99. The summed E-state index contributed by atoms with van der Waals surface area (Å²) in [5.74, 6) is 0.932. The zero-order valence-corrected chi connectivity index (χ0v) is 11.0. The van der Waals surface area contributed by atoms with Crippen LogP contribution in [0.1, 0.15) is 38.5 Å². The van der Waals surface area contributed by atoms with E-state index in [1.54, 1.807) is 0 Å². The highest BCUT2D eigenvalue weighted by Gasteiger charge is 2.21. The van der Waals surface area contributed by atoms with Crippen molar-refractivity contribution >= 4 is 22.6 Å². The second kappa shape index (κ2) is 5.43. The van der Waals surface area contributed by atoms with Crippen molar-refractivity contribution in [2.24, 2.45) is 5.92 Å². The van der Waals surface area contributed by atoms with E-state index in [-0.39, 0.29) is 11.8 Å². The first-order valence-corrected chi connectivity index (χ1v) is 7.08. The minimum absolute atomic E-state index is 0.124. The molecule has 4 heteroatoms. The molecule has 1 amide bonds. The molecule has 0 unspecified atom stereocenters. The van der Waals surface area contributed by atoms with Gasteiger partial charge in [-0.2, -0.15) is 5.10 Å². The summed E-state index contributed by atoms with van der Waals surface area (Å²) in [6, 6.07) is 7.85. The number of hydrogen-bond donors (Lipinski definition) is 2. The Bertz CT molecular complexity index is 568. The molecule has 1 aliphatic carbocycles. The normalized spacial score (nSPS) is 17.3. The lowest BCUT2D eigenvalue weighted by molar-refractivity contribution is -0.120. The van der Waals surface area contributed by atoms with E-state index in [1.807, 2.05) is 24.3 Å². The maximum absolute atomic E-state index is 12.3. The average molecular weight is 257 g/mol. The van der Waals surface area contributed by atoms with Crippen molar-refractivity contribution in [2.75, 3.05) is 5.32 Å². The van der Waals surface area contributed by atoms with Crippen LogP contribution in [0.15, 0.2) is 24.3 Å². The average Bonchev–Trinajstić information content (AvgIpc) is 2.66.